The molecule has 1 N–H and O–H groups in total. The number of imide groups is 1. The van der Waals surface area contributed by atoms with Crippen LogP contribution in [0, 0.1) is 6.92 Å². The first-order valence-electron chi connectivity index (χ1n) is 10.8. The van der Waals surface area contributed by atoms with Gasteiger partial charge in [-0.25, -0.2) is 0 Å². The summed E-state index contributed by atoms with van der Waals surface area (Å²) >= 11 is 0. The minimum Gasteiger partial charge on any atom is -0.324 e. The third-order valence-corrected chi connectivity index (χ3v) is 6.05. The van der Waals surface area contributed by atoms with Crippen LogP contribution in [0.15, 0.2) is 91.0 Å². The maximum Gasteiger partial charge on any atom is 0.262 e. The monoisotopic (exact) mass is 434 g/mol. The Balaban J connectivity index is 1.55. The Morgan fingerprint density at radius 3 is 2.09 bits per heavy atom. The lowest BCUT2D eigenvalue weighted by molar-refractivity contribution is -0.119. The van der Waals surface area contributed by atoms with Crippen LogP contribution >= 0.6 is 0 Å². The molecule has 1 unspecified atom stereocenters. The standard InChI is InChI=1S/C28H22N2O3/c1-18-13-15-21(16-14-18)29-26(31)25(17-20-9-6-8-19-7-2-3-10-22(19)20)30-27(32)23-11-4-5-12-24(23)28(30)33/h2-16,25H,17H2,1H3,(H,29,31). The first-order chi connectivity index (χ1) is 16.0. The van der Waals surface area contributed by atoms with E-state index in [9.17, 15) is 14.4 Å². The molecule has 33 heavy (non-hydrogen) atoms. The van der Waals surface area contributed by atoms with Crippen LogP contribution in [0.5, 0.6) is 0 Å². The first-order valence-corrected chi connectivity index (χ1v) is 10.8. The second-order valence-corrected chi connectivity index (χ2v) is 8.24. The van der Waals surface area contributed by atoms with E-state index in [4.69, 9.17) is 0 Å². The number of hydrogen-bond donors (Lipinski definition) is 1. The maximum atomic E-state index is 13.5. The highest BCUT2D eigenvalue weighted by Crippen LogP contribution is 2.28. The molecule has 0 aliphatic carbocycles. The molecule has 3 amide bonds. The zero-order valence-electron chi connectivity index (χ0n) is 18.1. The average Bonchev–Trinajstić information content (AvgIpc) is 3.09. The Kier molecular flexibility index (Phi) is 5.23. The normalized spacial score (nSPS) is 13.8. The van der Waals surface area contributed by atoms with Crippen molar-refractivity contribution >= 4 is 34.2 Å². The van der Waals surface area contributed by atoms with Crippen molar-refractivity contribution in [2.75, 3.05) is 5.32 Å². The number of nitrogens with one attached hydrogen (secondary N) is 1. The second kappa shape index (κ2) is 8.36. The Morgan fingerprint density at radius 2 is 1.39 bits per heavy atom. The van der Waals surface area contributed by atoms with E-state index in [0.717, 1.165) is 26.8 Å². The average molecular weight is 434 g/mol. The number of benzene rings is 4. The van der Waals surface area contributed by atoms with Gasteiger partial charge in [0.05, 0.1) is 11.1 Å². The van der Waals surface area contributed by atoms with E-state index < -0.39 is 23.8 Å². The van der Waals surface area contributed by atoms with Crippen molar-refractivity contribution in [3.05, 3.63) is 113 Å². The summed E-state index contributed by atoms with van der Waals surface area (Å²) in [4.78, 5) is 41.1. The molecule has 4 aromatic carbocycles. The van der Waals surface area contributed by atoms with Crippen LogP contribution in [0.1, 0.15) is 31.8 Å². The number of carbonyl (C=O) groups is 3. The van der Waals surface area contributed by atoms with Gasteiger partial charge in [-0.1, -0.05) is 72.3 Å². The van der Waals surface area contributed by atoms with E-state index in [1.165, 1.54) is 0 Å². The van der Waals surface area contributed by atoms with E-state index >= 15 is 0 Å². The van der Waals surface area contributed by atoms with Gasteiger partial charge < -0.3 is 5.32 Å². The Bertz CT molecular complexity index is 1350. The van der Waals surface area contributed by atoms with Gasteiger partial charge >= 0.3 is 0 Å². The lowest BCUT2D eigenvalue weighted by Gasteiger charge is -2.26. The van der Waals surface area contributed by atoms with Crippen LogP contribution in [0.4, 0.5) is 5.69 Å². The van der Waals surface area contributed by atoms with Crippen molar-refractivity contribution in [2.45, 2.75) is 19.4 Å². The second-order valence-electron chi connectivity index (χ2n) is 8.24. The van der Waals surface area contributed by atoms with Gasteiger partial charge in [0.2, 0.25) is 5.91 Å². The Hall–Kier alpha value is -4.25. The quantitative estimate of drug-likeness (QED) is 0.450. The smallest absolute Gasteiger partial charge is 0.262 e. The minimum absolute atomic E-state index is 0.213. The van der Waals surface area contributed by atoms with Crippen molar-refractivity contribution in [3.8, 4) is 0 Å². The highest BCUT2D eigenvalue weighted by molar-refractivity contribution is 6.23. The van der Waals surface area contributed by atoms with Crippen molar-refractivity contribution in [3.63, 3.8) is 0 Å². The van der Waals surface area contributed by atoms with Crippen LogP contribution in [-0.4, -0.2) is 28.7 Å². The van der Waals surface area contributed by atoms with Gasteiger partial charge in [-0.3, -0.25) is 19.3 Å². The zero-order valence-corrected chi connectivity index (χ0v) is 18.1. The number of rotatable bonds is 5. The largest absolute Gasteiger partial charge is 0.324 e. The van der Waals surface area contributed by atoms with E-state index in [2.05, 4.69) is 5.32 Å². The van der Waals surface area contributed by atoms with Crippen LogP contribution < -0.4 is 5.32 Å². The van der Waals surface area contributed by atoms with Crippen molar-refractivity contribution < 1.29 is 14.4 Å². The van der Waals surface area contributed by atoms with Gasteiger partial charge in [0.25, 0.3) is 11.8 Å². The lowest BCUT2D eigenvalue weighted by Crippen LogP contribution is -2.48. The molecule has 5 nitrogen and oxygen atoms in total. The van der Waals surface area contributed by atoms with Gasteiger partial charge in [0, 0.05) is 12.1 Å². The summed E-state index contributed by atoms with van der Waals surface area (Å²) in [5.41, 5.74) is 3.24. The molecule has 0 bridgehead atoms. The van der Waals surface area contributed by atoms with Gasteiger partial charge in [-0.2, -0.15) is 0 Å². The molecule has 0 saturated carbocycles. The number of hydrogen-bond acceptors (Lipinski definition) is 3. The number of carbonyl (C=O) groups excluding carboxylic acids is 3. The van der Waals surface area contributed by atoms with Crippen molar-refractivity contribution in [2.24, 2.45) is 0 Å². The molecule has 1 atom stereocenters. The molecular formula is C28H22N2O3. The number of anilines is 1. The molecule has 1 aliphatic rings. The molecule has 0 radical (unpaired) electrons. The Labute approximate surface area is 191 Å². The topological polar surface area (TPSA) is 66.5 Å². The summed E-state index contributed by atoms with van der Waals surface area (Å²) in [5.74, 6) is -1.29. The maximum absolute atomic E-state index is 13.5. The number of aryl methyl sites for hydroxylation is 1. The summed E-state index contributed by atoms with van der Waals surface area (Å²) in [6.45, 7) is 1.97. The van der Waals surface area contributed by atoms with Gasteiger partial charge in [-0.05, 0) is 47.5 Å². The fourth-order valence-corrected chi connectivity index (χ4v) is 4.33. The van der Waals surface area contributed by atoms with Gasteiger partial charge in [-0.15, -0.1) is 0 Å². The molecular weight excluding hydrogens is 412 g/mol. The molecule has 0 fully saturated rings. The highest BCUT2D eigenvalue weighted by atomic mass is 16.2. The molecule has 4 aromatic rings. The van der Waals surface area contributed by atoms with E-state index in [1.54, 1.807) is 24.3 Å². The van der Waals surface area contributed by atoms with Crippen LogP contribution in [0.2, 0.25) is 0 Å². The van der Waals surface area contributed by atoms with Crippen molar-refractivity contribution in [1.82, 2.24) is 4.90 Å². The molecule has 1 aliphatic heterocycles. The van der Waals surface area contributed by atoms with Crippen LogP contribution in [-0.2, 0) is 11.2 Å². The van der Waals surface area contributed by atoms with Crippen LogP contribution in [0.3, 0.4) is 0 Å². The van der Waals surface area contributed by atoms with E-state index in [1.807, 2.05) is 73.7 Å². The number of nitrogens with zero attached hydrogens (tertiary/aromatic N) is 1. The van der Waals surface area contributed by atoms with E-state index in [-0.39, 0.29) is 6.42 Å². The summed E-state index contributed by atoms with van der Waals surface area (Å²) in [6.07, 6.45) is 0.213. The molecule has 162 valence electrons. The summed E-state index contributed by atoms with van der Waals surface area (Å²) in [5, 5.41) is 4.92. The fourth-order valence-electron chi connectivity index (χ4n) is 4.33. The highest BCUT2D eigenvalue weighted by Gasteiger charge is 2.42. The number of fused-ring (bicyclic) bond motifs is 2. The SMILES string of the molecule is Cc1ccc(NC(=O)C(Cc2cccc3ccccc23)N2C(=O)c3ccccc3C2=O)cc1. The summed E-state index contributed by atoms with van der Waals surface area (Å²) in [7, 11) is 0. The third kappa shape index (κ3) is 3.78. The zero-order chi connectivity index (χ0) is 22.9. The van der Waals surface area contributed by atoms with E-state index in [0.29, 0.717) is 16.8 Å². The molecule has 1 heterocycles. The van der Waals surface area contributed by atoms with Crippen molar-refractivity contribution in [1.29, 1.82) is 0 Å². The molecule has 0 saturated heterocycles. The minimum atomic E-state index is -0.996. The lowest BCUT2D eigenvalue weighted by atomic mass is 9.97. The fraction of sp³-hybridized carbons (Fsp3) is 0.107. The first kappa shape index (κ1) is 20.6. The molecule has 5 heteroatoms. The van der Waals surface area contributed by atoms with Gasteiger partial charge in [0.15, 0.2) is 0 Å². The molecule has 5 rings (SSSR count). The Morgan fingerprint density at radius 1 is 0.788 bits per heavy atom. The van der Waals surface area contributed by atoms with Gasteiger partial charge in [0.1, 0.15) is 6.04 Å². The third-order valence-electron chi connectivity index (χ3n) is 6.05. The molecule has 0 spiro atoms. The predicted octanol–water partition coefficient (Wildman–Crippen LogP) is 4.99. The van der Waals surface area contributed by atoms with Crippen LogP contribution in [0.25, 0.3) is 10.8 Å². The predicted molar refractivity (Wildman–Crippen MR) is 128 cm³/mol. The summed E-state index contributed by atoms with van der Waals surface area (Å²) in [6, 6.07) is 26.9. The molecule has 0 aromatic heterocycles. The summed E-state index contributed by atoms with van der Waals surface area (Å²) < 4.78 is 0. The number of amides is 3.